The van der Waals surface area contributed by atoms with Crippen LogP contribution < -0.4 is 21.7 Å². The van der Waals surface area contributed by atoms with Gasteiger partial charge in [0.15, 0.2) is 0 Å². The summed E-state index contributed by atoms with van der Waals surface area (Å²) in [5.74, 6) is -3.71. The highest BCUT2D eigenvalue weighted by Crippen LogP contribution is 2.22. The number of aromatic nitrogens is 1. The van der Waals surface area contributed by atoms with Gasteiger partial charge in [-0.05, 0) is 55.5 Å². The number of piperidine rings is 1. The molecule has 1 fully saturated rings. The molecule has 0 saturated carbocycles. The number of aromatic hydroxyl groups is 1. The molecule has 0 bridgehead atoms. The van der Waals surface area contributed by atoms with Crippen molar-refractivity contribution in [1.29, 1.82) is 0 Å². The Hall–Kier alpha value is -4.62. The Morgan fingerprint density at radius 1 is 1.00 bits per heavy atom. The van der Waals surface area contributed by atoms with Gasteiger partial charge in [0.25, 0.3) is 0 Å². The molecule has 4 rings (SSSR count). The second-order valence-corrected chi connectivity index (χ2v) is 11.7. The van der Waals surface area contributed by atoms with Gasteiger partial charge in [-0.2, -0.15) is 0 Å². The SMILES string of the molecule is CC(O)[C@H](NC(=O)CCl)C(=O)N1CCCC[C@H]1C(=O)NC(Cc1c[nH]c2ccccc12)C(=O)N[C@@H](Cc1ccc(O)cc1)C(N)=O. The average Bonchev–Trinajstić information content (AvgIpc) is 3.45. The fraction of sp³-hybridized carbons (Fsp3) is 0.406. The molecule has 1 aromatic heterocycles. The second kappa shape index (κ2) is 15.6. The number of likely N-dealkylation sites (tertiary alicyclic amines) is 1. The number of nitrogens with zero attached hydrogens (tertiary/aromatic N) is 1. The van der Waals surface area contributed by atoms with Crippen LogP contribution in [0.25, 0.3) is 10.9 Å². The number of aromatic amines is 1. The molecule has 46 heavy (non-hydrogen) atoms. The predicted octanol–water partition coefficient (Wildman–Crippen LogP) is 0.599. The Morgan fingerprint density at radius 2 is 1.72 bits per heavy atom. The van der Waals surface area contributed by atoms with Gasteiger partial charge in [0.1, 0.15) is 35.8 Å². The summed E-state index contributed by atoms with van der Waals surface area (Å²) in [4.78, 5) is 70.0. The fourth-order valence-electron chi connectivity index (χ4n) is 5.61. The van der Waals surface area contributed by atoms with Gasteiger partial charge in [0.05, 0.1) is 6.10 Å². The summed E-state index contributed by atoms with van der Waals surface area (Å²) in [5.41, 5.74) is 7.85. The number of hydrogen-bond acceptors (Lipinski definition) is 7. The lowest BCUT2D eigenvalue weighted by atomic mass is 9.97. The van der Waals surface area contributed by atoms with E-state index in [2.05, 4.69) is 20.9 Å². The van der Waals surface area contributed by atoms with E-state index in [0.717, 1.165) is 16.5 Å². The third-order valence-electron chi connectivity index (χ3n) is 8.04. The number of primary amides is 1. The van der Waals surface area contributed by atoms with Crippen molar-refractivity contribution in [1.82, 2.24) is 25.8 Å². The van der Waals surface area contributed by atoms with Crippen LogP contribution >= 0.6 is 11.6 Å². The van der Waals surface area contributed by atoms with Crippen molar-refractivity contribution in [3.63, 3.8) is 0 Å². The molecule has 2 heterocycles. The summed E-state index contributed by atoms with van der Waals surface area (Å²) in [7, 11) is 0. The number of nitrogens with one attached hydrogen (secondary N) is 4. The maximum atomic E-state index is 13.9. The zero-order valence-corrected chi connectivity index (χ0v) is 26.1. The molecular formula is C32H39ClN6O7. The fourth-order valence-corrected chi connectivity index (χ4v) is 5.68. The van der Waals surface area contributed by atoms with Crippen molar-refractivity contribution in [2.45, 2.75) is 69.3 Å². The summed E-state index contributed by atoms with van der Waals surface area (Å²) in [5, 5.41) is 28.6. The van der Waals surface area contributed by atoms with Gasteiger partial charge in [-0.1, -0.05) is 30.3 Å². The quantitative estimate of drug-likeness (QED) is 0.131. The number of rotatable bonds is 13. The van der Waals surface area contributed by atoms with Crippen LogP contribution in [0.1, 0.15) is 37.3 Å². The number of aliphatic hydroxyl groups is 1. The normalized spacial score (nSPS) is 17.4. The summed E-state index contributed by atoms with van der Waals surface area (Å²) in [6.45, 7) is 1.55. The monoisotopic (exact) mass is 654 g/mol. The van der Waals surface area contributed by atoms with Gasteiger partial charge in [-0.3, -0.25) is 24.0 Å². The van der Waals surface area contributed by atoms with E-state index in [-0.39, 0.29) is 25.1 Å². The highest BCUT2D eigenvalue weighted by atomic mass is 35.5. The van der Waals surface area contributed by atoms with E-state index in [1.807, 2.05) is 24.3 Å². The lowest BCUT2D eigenvalue weighted by Crippen LogP contribution is -2.62. The summed E-state index contributed by atoms with van der Waals surface area (Å²) in [6, 6.07) is 8.98. The molecule has 2 aromatic carbocycles. The Bertz CT molecular complexity index is 1560. The molecule has 2 unspecified atom stereocenters. The maximum Gasteiger partial charge on any atom is 0.248 e. The summed E-state index contributed by atoms with van der Waals surface area (Å²) in [6.07, 6.45) is 2.10. The van der Waals surface area contributed by atoms with E-state index in [0.29, 0.717) is 24.8 Å². The Balaban J connectivity index is 1.59. The van der Waals surface area contributed by atoms with Crippen LogP contribution in [0.15, 0.2) is 54.7 Å². The Morgan fingerprint density at radius 3 is 2.39 bits per heavy atom. The van der Waals surface area contributed by atoms with Crippen molar-refractivity contribution in [2.24, 2.45) is 5.73 Å². The van der Waals surface area contributed by atoms with E-state index in [1.165, 1.54) is 24.0 Å². The maximum absolute atomic E-state index is 13.9. The third kappa shape index (κ3) is 8.55. The van der Waals surface area contributed by atoms with Crippen molar-refractivity contribution in [2.75, 3.05) is 12.4 Å². The number of benzene rings is 2. The van der Waals surface area contributed by atoms with Gasteiger partial charge in [0, 0.05) is 36.5 Å². The first-order chi connectivity index (χ1) is 22.0. The number of carbonyl (C=O) groups excluding carboxylic acids is 5. The second-order valence-electron chi connectivity index (χ2n) is 11.4. The number of H-pyrrole nitrogens is 1. The van der Waals surface area contributed by atoms with E-state index >= 15 is 0 Å². The Kier molecular flexibility index (Phi) is 11.6. The number of halogens is 1. The zero-order chi connectivity index (χ0) is 33.4. The van der Waals surface area contributed by atoms with Crippen molar-refractivity contribution >= 4 is 52.0 Å². The first-order valence-electron chi connectivity index (χ1n) is 15.0. The van der Waals surface area contributed by atoms with Crippen LogP contribution in [-0.4, -0.2) is 92.3 Å². The number of phenolic OH excluding ortho intramolecular Hbond substituents is 1. The lowest BCUT2D eigenvalue weighted by molar-refractivity contribution is -0.147. The van der Waals surface area contributed by atoms with Gasteiger partial charge in [-0.25, -0.2) is 0 Å². The van der Waals surface area contributed by atoms with E-state index in [9.17, 15) is 34.2 Å². The lowest BCUT2D eigenvalue weighted by Gasteiger charge is -2.38. The molecule has 1 aliphatic rings. The van der Waals surface area contributed by atoms with Crippen LogP contribution in [-0.2, 0) is 36.8 Å². The minimum atomic E-state index is -1.32. The number of alkyl halides is 1. The number of para-hydroxylation sites is 1. The first-order valence-corrected chi connectivity index (χ1v) is 15.6. The van der Waals surface area contributed by atoms with Crippen molar-refractivity contribution < 1.29 is 34.2 Å². The molecular weight excluding hydrogens is 616 g/mol. The molecule has 0 aliphatic carbocycles. The molecule has 13 nitrogen and oxygen atoms in total. The number of carbonyl (C=O) groups is 5. The highest BCUT2D eigenvalue weighted by molar-refractivity contribution is 6.27. The van der Waals surface area contributed by atoms with Gasteiger partial charge < -0.3 is 41.8 Å². The number of aliphatic hydroxyl groups excluding tert-OH is 1. The number of amides is 5. The molecule has 1 saturated heterocycles. The average molecular weight is 655 g/mol. The molecule has 3 aromatic rings. The van der Waals surface area contributed by atoms with Crippen molar-refractivity contribution in [3.05, 3.63) is 65.9 Å². The Labute approximate surface area is 270 Å². The highest BCUT2D eigenvalue weighted by Gasteiger charge is 2.39. The van der Waals surface area contributed by atoms with Crippen LogP contribution in [0.2, 0.25) is 0 Å². The predicted molar refractivity (Wildman–Crippen MR) is 171 cm³/mol. The number of fused-ring (bicyclic) bond motifs is 1. The molecule has 0 radical (unpaired) electrons. The standard InChI is InChI=1S/C32H39ClN6O7/c1-18(40)28(38-27(42)16-33)32(46)39-13-5-4-8-26(39)31(45)37-25(15-20-17-35-23-7-3-2-6-22(20)23)30(44)36-24(29(34)43)14-19-9-11-21(41)12-10-19/h2-3,6-7,9-12,17-18,24-26,28,35,40-41H,4-5,8,13-16H2,1H3,(H2,34,43)(H,36,44)(H,37,45)(H,38,42)/t18?,24-,25?,26-,28-/m0/s1. The van der Waals surface area contributed by atoms with Gasteiger partial charge in [0.2, 0.25) is 29.5 Å². The van der Waals surface area contributed by atoms with Crippen LogP contribution in [0.5, 0.6) is 5.75 Å². The van der Waals surface area contributed by atoms with Gasteiger partial charge in [-0.15, -0.1) is 11.6 Å². The largest absolute Gasteiger partial charge is 0.508 e. The molecule has 5 amide bonds. The number of phenols is 1. The molecule has 8 N–H and O–H groups in total. The van der Waals surface area contributed by atoms with Crippen LogP contribution in [0, 0.1) is 0 Å². The number of hydrogen-bond donors (Lipinski definition) is 7. The summed E-state index contributed by atoms with van der Waals surface area (Å²) >= 11 is 5.60. The molecule has 246 valence electrons. The minimum absolute atomic E-state index is 0.0429. The van der Waals surface area contributed by atoms with E-state index in [1.54, 1.807) is 18.3 Å². The molecule has 14 heteroatoms. The molecule has 5 atom stereocenters. The van der Waals surface area contributed by atoms with Crippen molar-refractivity contribution in [3.8, 4) is 5.75 Å². The molecule has 1 aliphatic heterocycles. The van der Waals surface area contributed by atoms with Gasteiger partial charge >= 0.3 is 0 Å². The third-order valence-corrected chi connectivity index (χ3v) is 8.29. The smallest absolute Gasteiger partial charge is 0.248 e. The van der Waals surface area contributed by atoms with Crippen LogP contribution in [0.4, 0.5) is 0 Å². The topological polar surface area (TPSA) is 207 Å². The first kappa shape index (κ1) is 34.3. The number of nitrogens with two attached hydrogens (primary N) is 1. The minimum Gasteiger partial charge on any atom is -0.508 e. The molecule has 0 spiro atoms. The summed E-state index contributed by atoms with van der Waals surface area (Å²) < 4.78 is 0. The van der Waals surface area contributed by atoms with E-state index in [4.69, 9.17) is 17.3 Å². The zero-order valence-electron chi connectivity index (χ0n) is 25.4. The van der Waals surface area contributed by atoms with E-state index < -0.39 is 65.7 Å². The van der Waals surface area contributed by atoms with Crippen LogP contribution in [0.3, 0.4) is 0 Å².